The molecule has 0 amide bonds. The summed E-state index contributed by atoms with van der Waals surface area (Å²) in [5.74, 6) is 3.53. The highest BCUT2D eigenvalue weighted by atomic mass is 32.2. The van der Waals surface area contributed by atoms with Gasteiger partial charge in [0, 0.05) is 12.2 Å². The summed E-state index contributed by atoms with van der Waals surface area (Å²) in [6.45, 7) is 6.68. The molecule has 1 fully saturated rings. The first kappa shape index (κ1) is 16.8. The van der Waals surface area contributed by atoms with Crippen molar-refractivity contribution in [2.24, 2.45) is 17.8 Å². The van der Waals surface area contributed by atoms with Gasteiger partial charge < -0.3 is 4.42 Å². The first-order chi connectivity index (χ1) is 9.84. The Morgan fingerprint density at radius 3 is 2.71 bits per heavy atom. The van der Waals surface area contributed by atoms with Gasteiger partial charge in [-0.25, -0.2) is 8.42 Å². The van der Waals surface area contributed by atoms with Gasteiger partial charge in [0.25, 0.3) is 5.22 Å². The van der Waals surface area contributed by atoms with Gasteiger partial charge in [0.05, 0.1) is 11.5 Å². The maximum atomic E-state index is 11.4. The fraction of sp³-hybridized carbons (Fsp3) is 0.857. The maximum absolute atomic E-state index is 11.4. The Morgan fingerprint density at radius 1 is 1.33 bits per heavy atom. The van der Waals surface area contributed by atoms with Crippen LogP contribution in [0.1, 0.15) is 39.5 Å². The number of aromatic nitrogens is 2. The third kappa shape index (κ3) is 5.62. The number of hydrogen-bond donors (Lipinski definition) is 0. The second-order valence-corrected chi connectivity index (χ2v) is 9.68. The third-order valence-electron chi connectivity index (χ3n) is 3.60. The Hall–Kier alpha value is -0.560. The van der Waals surface area contributed by atoms with E-state index >= 15 is 0 Å². The average molecular weight is 332 g/mol. The summed E-state index contributed by atoms with van der Waals surface area (Å²) >= 11 is 1.59. The maximum Gasteiger partial charge on any atom is 0.276 e. The van der Waals surface area contributed by atoms with Gasteiger partial charge in [-0.2, -0.15) is 0 Å². The normalized spacial score (nSPS) is 22.8. The van der Waals surface area contributed by atoms with Crippen molar-refractivity contribution in [3.05, 3.63) is 5.89 Å². The standard InChI is InChI=1S/C14H24N2O3S2/c1-10(2)6-11(3)8-20-14-16-15-13(19-14)7-12-4-5-21(17,18)9-12/h10-12H,4-9H2,1-3H3. The minimum atomic E-state index is -2.84. The van der Waals surface area contributed by atoms with Crippen LogP contribution in [0.2, 0.25) is 0 Å². The second-order valence-electron chi connectivity index (χ2n) is 6.48. The molecule has 1 aliphatic heterocycles. The molecule has 0 spiro atoms. The molecular formula is C14H24N2O3S2. The Morgan fingerprint density at radius 2 is 2.10 bits per heavy atom. The Labute approximate surface area is 131 Å². The van der Waals surface area contributed by atoms with E-state index < -0.39 is 9.84 Å². The first-order valence-electron chi connectivity index (χ1n) is 7.49. The highest BCUT2D eigenvalue weighted by Gasteiger charge is 2.29. The van der Waals surface area contributed by atoms with E-state index in [4.69, 9.17) is 4.42 Å². The van der Waals surface area contributed by atoms with Crippen LogP contribution in [0, 0.1) is 17.8 Å². The average Bonchev–Trinajstić information content (AvgIpc) is 2.93. The molecule has 2 unspecified atom stereocenters. The lowest BCUT2D eigenvalue weighted by atomic mass is 10.0. The minimum absolute atomic E-state index is 0.133. The van der Waals surface area contributed by atoms with Crippen LogP contribution >= 0.6 is 11.8 Å². The van der Waals surface area contributed by atoms with Gasteiger partial charge in [-0.15, -0.1) is 10.2 Å². The molecule has 0 radical (unpaired) electrons. The van der Waals surface area contributed by atoms with Crippen LogP contribution in [0.25, 0.3) is 0 Å². The van der Waals surface area contributed by atoms with E-state index in [1.165, 1.54) is 6.42 Å². The number of thioether (sulfide) groups is 1. The molecule has 0 aromatic carbocycles. The lowest BCUT2D eigenvalue weighted by Crippen LogP contribution is -2.07. The van der Waals surface area contributed by atoms with Crippen molar-refractivity contribution < 1.29 is 12.8 Å². The predicted octanol–water partition coefficient (Wildman–Crippen LogP) is 2.82. The van der Waals surface area contributed by atoms with Crippen LogP contribution in [-0.4, -0.2) is 35.9 Å². The molecule has 0 aliphatic carbocycles. The third-order valence-corrected chi connectivity index (χ3v) is 6.59. The zero-order chi connectivity index (χ0) is 15.5. The topological polar surface area (TPSA) is 73.1 Å². The van der Waals surface area contributed by atoms with Crippen molar-refractivity contribution in [2.75, 3.05) is 17.3 Å². The SMILES string of the molecule is CC(C)CC(C)CSc1nnc(CC2CCS(=O)(=O)C2)o1. The smallest absolute Gasteiger partial charge is 0.276 e. The van der Waals surface area contributed by atoms with Gasteiger partial charge in [0.2, 0.25) is 5.89 Å². The van der Waals surface area contributed by atoms with Crippen LogP contribution in [0.5, 0.6) is 0 Å². The van der Waals surface area contributed by atoms with E-state index in [-0.39, 0.29) is 11.7 Å². The van der Waals surface area contributed by atoms with E-state index in [9.17, 15) is 8.42 Å². The summed E-state index contributed by atoms with van der Waals surface area (Å²) in [5, 5.41) is 8.68. The van der Waals surface area contributed by atoms with Crippen molar-refractivity contribution >= 4 is 21.6 Å². The zero-order valence-electron chi connectivity index (χ0n) is 12.9. The number of sulfone groups is 1. The minimum Gasteiger partial charge on any atom is -0.416 e. The summed E-state index contributed by atoms with van der Waals surface area (Å²) in [7, 11) is -2.84. The largest absolute Gasteiger partial charge is 0.416 e. The molecule has 2 heterocycles. The van der Waals surface area contributed by atoms with Crippen molar-refractivity contribution in [3.63, 3.8) is 0 Å². The summed E-state index contributed by atoms with van der Waals surface area (Å²) in [5.41, 5.74) is 0. The van der Waals surface area contributed by atoms with E-state index in [1.54, 1.807) is 11.8 Å². The quantitative estimate of drug-likeness (QED) is 0.715. The van der Waals surface area contributed by atoms with Crippen molar-refractivity contribution in [2.45, 2.75) is 45.3 Å². The molecule has 21 heavy (non-hydrogen) atoms. The fourth-order valence-electron chi connectivity index (χ4n) is 2.75. The number of nitrogens with zero attached hydrogens (tertiary/aromatic N) is 2. The van der Waals surface area contributed by atoms with Crippen molar-refractivity contribution in [3.8, 4) is 0 Å². The zero-order valence-corrected chi connectivity index (χ0v) is 14.5. The Bertz CT molecular complexity index is 554. The molecule has 0 N–H and O–H groups in total. The van der Waals surface area contributed by atoms with Gasteiger partial charge in [-0.05, 0) is 30.6 Å². The summed E-state index contributed by atoms with van der Waals surface area (Å²) < 4.78 is 28.5. The van der Waals surface area contributed by atoms with Crippen molar-refractivity contribution in [1.82, 2.24) is 10.2 Å². The molecule has 1 saturated heterocycles. The number of hydrogen-bond acceptors (Lipinski definition) is 6. The van der Waals surface area contributed by atoms with Crippen molar-refractivity contribution in [1.29, 1.82) is 0 Å². The first-order valence-corrected chi connectivity index (χ1v) is 10.3. The summed E-state index contributed by atoms with van der Waals surface area (Å²) in [4.78, 5) is 0. The summed E-state index contributed by atoms with van der Waals surface area (Å²) in [6.07, 6.45) is 2.47. The molecule has 1 aromatic heterocycles. The molecule has 7 heteroatoms. The Kier molecular flexibility index (Phi) is 5.71. The van der Waals surface area contributed by atoms with Gasteiger partial charge >= 0.3 is 0 Å². The van der Waals surface area contributed by atoms with E-state index in [1.807, 2.05) is 0 Å². The van der Waals surface area contributed by atoms with Crippen LogP contribution in [0.4, 0.5) is 0 Å². The van der Waals surface area contributed by atoms with E-state index in [0.29, 0.717) is 41.5 Å². The molecule has 1 aliphatic rings. The Balaban J connectivity index is 1.79. The van der Waals surface area contributed by atoms with Gasteiger partial charge in [0.1, 0.15) is 0 Å². The van der Waals surface area contributed by atoms with Crippen LogP contribution < -0.4 is 0 Å². The second kappa shape index (κ2) is 7.13. The number of rotatable bonds is 7. The van der Waals surface area contributed by atoms with E-state index in [2.05, 4.69) is 31.0 Å². The molecule has 5 nitrogen and oxygen atoms in total. The van der Waals surface area contributed by atoms with Crippen LogP contribution in [-0.2, 0) is 16.3 Å². The van der Waals surface area contributed by atoms with Crippen LogP contribution in [0.3, 0.4) is 0 Å². The molecule has 0 saturated carbocycles. The fourth-order valence-corrected chi connectivity index (χ4v) is 5.42. The van der Waals surface area contributed by atoms with Gasteiger partial charge in [0.15, 0.2) is 9.84 Å². The predicted molar refractivity (Wildman–Crippen MR) is 84.1 cm³/mol. The highest BCUT2D eigenvalue weighted by Crippen LogP contribution is 2.25. The molecular weight excluding hydrogens is 308 g/mol. The molecule has 2 rings (SSSR count). The monoisotopic (exact) mass is 332 g/mol. The lowest BCUT2D eigenvalue weighted by Gasteiger charge is -2.11. The molecule has 1 aromatic rings. The molecule has 0 bridgehead atoms. The van der Waals surface area contributed by atoms with E-state index in [0.717, 1.165) is 5.75 Å². The lowest BCUT2D eigenvalue weighted by molar-refractivity contribution is 0.388. The summed E-state index contributed by atoms with van der Waals surface area (Å²) in [6, 6.07) is 0. The highest BCUT2D eigenvalue weighted by molar-refractivity contribution is 7.99. The van der Waals surface area contributed by atoms with Gasteiger partial charge in [-0.3, -0.25) is 0 Å². The van der Waals surface area contributed by atoms with Crippen LogP contribution in [0.15, 0.2) is 9.64 Å². The molecule has 2 atom stereocenters. The molecule has 120 valence electrons. The van der Waals surface area contributed by atoms with Gasteiger partial charge in [-0.1, -0.05) is 32.5 Å².